The van der Waals surface area contributed by atoms with Gasteiger partial charge in [-0.25, -0.2) is 9.37 Å². The minimum absolute atomic E-state index is 0.151. The lowest BCUT2D eigenvalue weighted by Gasteiger charge is -2.29. The quantitative estimate of drug-likeness (QED) is 0.417. The number of imidazole rings is 1. The second kappa shape index (κ2) is 9.57. The number of aryl methyl sites for hydroxylation is 1. The number of halogens is 2. The average molecular weight is 477 g/mol. The van der Waals surface area contributed by atoms with E-state index in [2.05, 4.69) is 33.4 Å². The van der Waals surface area contributed by atoms with Crippen LogP contribution in [0.15, 0.2) is 60.8 Å². The van der Waals surface area contributed by atoms with E-state index in [0.29, 0.717) is 29.3 Å². The fraction of sp³-hybridized carbons (Fsp3) is 0.259. The number of carbonyl (C=O) groups excluding carboxylic acids is 1. The highest BCUT2D eigenvalue weighted by Gasteiger charge is 2.20. The molecule has 0 bridgehead atoms. The summed E-state index contributed by atoms with van der Waals surface area (Å²) in [5.41, 5.74) is 6.76. The van der Waals surface area contributed by atoms with Crippen LogP contribution in [0.1, 0.15) is 45.4 Å². The third-order valence-electron chi connectivity index (χ3n) is 6.34. The molecular formula is C27H26ClFN4O. The molecule has 5 rings (SSSR count). The number of hydrogen-bond donors (Lipinski definition) is 1. The summed E-state index contributed by atoms with van der Waals surface area (Å²) in [5, 5.41) is 3.66. The first-order valence-electron chi connectivity index (χ1n) is 11.5. The lowest BCUT2D eigenvalue weighted by molar-refractivity contribution is 0.0944. The van der Waals surface area contributed by atoms with Gasteiger partial charge in [0.15, 0.2) is 0 Å². The monoisotopic (exact) mass is 476 g/mol. The molecule has 0 spiro atoms. The van der Waals surface area contributed by atoms with Crippen molar-refractivity contribution in [3.63, 3.8) is 0 Å². The summed E-state index contributed by atoms with van der Waals surface area (Å²) in [6.45, 7) is 5.02. The molecule has 0 atom stereocenters. The van der Waals surface area contributed by atoms with Gasteiger partial charge in [-0.05, 0) is 53.3 Å². The van der Waals surface area contributed by atoms with Crippen LogP contribution in [0, 0.1) is 5.82 Å². The summed E-state index contributed by atoms with van der Waals surface area (Å²) in [6.07, 6.45) is 3.42. The number of pyridine rings is 1. The van der Waals surface area contributed by atoms with E-state index < -0.39 is 0 Å². The van der Waals surface area contributed by atoms with Crippen LogP contribution in [0.2, 0.25) is 5.02 Å². The lowest BCUT2D eigenvalue weighted by atomic mass is 9.97. The molecule has 1 N–H and O–H groups in total. The number of fused-ring (bicyclic) bond motifs is 2. The van der Waals surface area contributed by atoms with Crippen molar-refractivity contribution in [2.75, 3.05) is 6.54 Å². The van der Waals surface area contributed by atoms with Gasteiger partial charge in [0.25, 0.3) is 5.91 Å². The van der Waals surface area contributed by atoms with Gasteiger partial charge in [-0.1, -0.05) is 48.9 Å². The van der Waals surface area contributed by atoms with E-state index in [1.807, 2.05) is 19.1 Å². The Morgan fingerprint density at radius 2 is 1.88 bits per heavy atom. The smallest absolute Gasteiger partial charge is 0.270 e. The van der Waals surface area contributed by atoms with Crippen LogP contribution in [0.25, 0.3) is 5.65 Å². The zero-order valence-corrected chi connectivity index (χ0v) is 19.8. The zero-order valence-electron chi connectivity index (χ0n) is 19.0. The highest BCUT2D eigenvalue weighted by molar-refractivity contribution is 6.30. The molecule has 0 radical (unpaired) electrons. The molecule has 0 fully saturated rings. The molecule has 3 heterocycles. The van der Waals surface area contributed by atoms with Crippen LogP contribution in [0.5, 0.6) is 0 Å². The maximum absolute atomic E-state index is 13.2. The first-order valence-corrected chi connectivity index (χ1v) is 11.9. The Hall–Kier alpha value is -3.22. The van der Waals surface area contributed by atoms with Crippen molar-refractivity contribution in [3.8, 4) is 0 Å². The summed E-state index contributed by atoms with van der Waals surface area (Å²) in [4.78, 5) is 20.0. The largest absolute Gasteiger partial charge is 0.347 e. The number of hydrogen-bond acceptors (Lipinski definition) is 3. The highest BCUT2D eigenvalue weighted by Crippen LogP contribution is 2.23. The van der Waals surface area contributed by atoms with Crippen molar-refractivity contribution in [2.45, 2.75) is 39.4 Å². The maximum atomic E-state index is 13.2. The number of aromatic nitrogens is 2. The highest BCUT2D eigenvalue weighted by atomic mass is 35.5. The number of benzene rings is 2. The summed E-state index contributed by atoms with van der Waals surface area (Å²) in [7, 11) is 0. The van der Waals surface area contributed by atoms with Crippen LogP contribution in [-0.2, 0) is 32.5 Å². The lowest BCUT2D eigenvalue weighted by Crippen LogP contribution is -2.30. The fourth-order valence-electron chi connectivity index (χ4n) is 4.58. The van der Waals surface area contributed by atoms with Gasteiger partial charge >= 0.3 is 0 Å². The van der Waals surface area contributed by atoms with Crippen LogP contribution in [0.4, 0.5) is 4.39 Å². The Kier molecular flexibility index (Phi) is 6.35. The Balaban J connectivity index is 1.28. The van der Waals surface area contributed by atoms with E-state index in [9.17, 15) is 9.18 Å². The fourth-order valence-corrected chi connectivity index (χ4v) is 4.74. The number of nitrogens with one attached hydrogen (secondary N) is 1. The van der Waals surface area contributed by atoms with Crippen LogP contribution >= 0.6 is 11.6 Å². The van der Waals surface area contributed by atoms with E-state index in [-0.39, 0.29) is 11.7 Å². The van der Waals surface area contributed by atoms with E-state index in [4.69, 9.17) is 11.6 Å². The van der Waals surface area contributed by atoms with E-state index >= 15 is 0 Å². The molecule has 0 unspecified atom stereocenters. The van der Waals surface area contributed by atoms with Crippen molar-refractivity contribution >= 4 is 23.2 Å². The van der Waals surface area contributed by atoms with Gasteiger partial charge in [0.2, 0.25) is 0 Å². The molecule has 5 nitrogen and oxygen atoms in total. The molecule has 1 amide bonds. The van der Waals surface area contributed by atoms with Crippen LogP contribution in [-0.4, -0.2) is 26.7 Å². The molecule has 7 heteroatoms. The summed E-state index contributed by atoms with van der Waals surface area (Å²) < 4.78 is 15.0. The minimum atomic E-state index is -0.210. The van der Waals surface area contributed by atoms with Crippen LogP contribution in [0.3, 0.4) is 0 Å². The molecule has 2 aromatic heterocycles. The number of nitrogens with zero attached hydrogens (tertiary/aromatic N) is 3. The molecular weight excluding hydrogens is 451 g/mol. The van der Waals surface area contributed by atoms with Crippen molar-refractivity contribution in [3.05, 3.63) is 105 Å². The Bertz CT molecular complexity index is 1350. The number of rotatable bonds is 6. The van der Waals surface area contributed by atoms with Gasteiger partial charge in [-0.15, -0.1) is 0 Å². The SMILES string of the molecule is CCc1nc2cc(Cl)ccn2c1C(=O)NCc1ccc2c(c1)CN(Cc1ccc(F)cc1)CC2. The molecule has 1 aliphatic heterocycles. The Morgan fingerprint density at radius 1 is 1.09 bits per heavy atom. The first-order chi connectivity index (χ1) is 16.5. The third kappa shape index (κ3) is 4.69. The third-order valence-corrected chi connectivity index (χ3v) is 6.58. The molecule has 0 saturated carbocycles. The molecule has 174 valence electrons. The van der Waals surface area contributed by atoms with E-state index in [1.165, 1.54) is 23.3 Å². The molecule has 2 aromatic carbocycles. The standard InChI is InChI=1S/C27H26ClFN4O/c1-2-24-26(33-12-10-22(28)14-25(33)31-24)27(34)30-15-19-3-6-20-9-11-32(17-21(20)13-19)16-18-4-7-23(29)8-5-18/h3-8,10,12-14H,2,9,11,15-17H2,1H3,(H,30,34). The Labute approximate surface area is 203 Å². The first kappa shape index (κ1) is 22.6. The molecule has 0 saturated heterocycles. The Morgan fingerprint density at radius 3 is 2.68 bits per heavy atom. The number of carbonyl (C=O) groups is 1. The van der Waals surface area contributed by atoms with E-state index in [0.717, 1.165) is 42.9 Å². The van der Waals surface area contributed by atoms with Crippen molar-refractivity contribution in [1.82, 2.24) is 19.6 Å². The van der Waals surface area contributed by atoms with Gasteiger partial charge < -0.3 is 5.32 Å². The second-order valence-electron chi connectivity index (χ2n) is 8.71. The number of amides is 1. The molecule has 4 aromatic rings. The van der Waals surface area contributed by atoms with Gasteiger partial charge in [0.1, 0.15) is 17.2 Å². The minimum Gasteiger partial charge on any atom is -0.347 e. The van der Waals surface area contributed by atoms with Crippen LogP contribution < -0.4 is 5.32 Å². The van der Waals surface area contributed by atoms with Gasteiger partial charge in [0, 0.05) is 43.5 Å². The zero-order chi connectivity index (χ0) is 23.7. The normalized spacial score (nSPS) is 13.7. The van der Waals surface area contributed by atoms with Crippen molar-refractivity contribution < 1.29 is 9.18 Å². The predicted molar refractivity (Wildman–Crippen MR) is 131 cm³/mol. The predicted octanol–water partition coefficient (Wildman–Crippen LogP) is 5.18. The molecule has 1 aliphatic rings. The van der Waals surface area contributed by atoms with Gasteiger partial charge in [0.05, 0.1) is 5.69 Å². The van der Waals surface area contributed by atoms with Crippen molar-refractivity contribution in [2.24, 2.45) is 0 Å². The maximum Gasteiger partial charge on any atom is 0.270 e. The summed E-state index contributed by atoms with van der Waals surface area (Å²) in [6, 6.07) is 16.7. The molecule has 0 aliphatic carbocycles. The average Bonchev–Trinajstić information content (AvgIpc) is 3.21. The van der Waals surface area contributed by atoms with Crippen molar-refractivity contribution in [1.29, 1.82) is 0 Å². The summed E-state index contributed by atoms with van der Waals surface area (Å²) >= 11 is 6.09. The second-order valence-corrected chi connectivity index (χ2v) is 9.14. The topological polar surface area (TPSA) is 49.6 Å². The molecule has 34 heavy (non-hydrogen) atoms. The van der Waals surface area contributed by atoms with E-state index in [1.54, 1.807) is 22.7 Å². The summed E-state index contributed by atoms with van der Waals surface area (Å²) in [5.74, 6) is -0.361. The van der Waals surface area contributed by atoms with Gasteiger partial charge in [-0.3, -0.25) is 14.1 Å². The van der Waals surface area contributed by atoms with Gasteiger partial charge in [-0.2, -0.15) is 0 Å².